The molecule has 0 fully saturated rings. The topological polar surface area (TPSA) is 42.1 Å². The maximum atomic E-state index is 11.8. The van der Waals surface area contributed by atoms with Crippen molar-refractivity contribution >= 4 is 16.9 Å². The molecule has 1 aromatic heterocycles. The Morgan fingerprint density at radius 2 is 2.11 bits per heavy atom. The monoisotopic (exact) mass is 245 g/mol. The van der Waals surface area contributed by atoms with Gasteiger partial charge in [0.25, 0.3) is 0 Å². The third-order valence-electron chi connectivity index (χ3n) is 2.98. The maximum Gasteiger partial charge on any atom is 0.354 e. The molecule has 0 atom stereocenters. The fourth-order valence-corrected chi connectivity index (χ4v) is 1.96. The average Bonchev–Trinajstić information content (AvgIpc) is 2.77. The summed E-state index contributed by atoms with van der Waals surface area (Å²) in [5.74, 6) is -0.264. The molecule has 0 unspecified atom stereocenters. The van der Waals surface area contributed by atoms with Gasteiger partial charge in [-0.3, -0.25) is 0 Å². The minimum Gasteiger partial charge on any atom is -0.461 e. The van der Waals surface area contributed by atoms with Crippen LogP contribution in [0.1, 0.15) is 42.2 Å². The first-order chi connectivity index (χ1) is 8.70. The number of carbonyl (C=O) groups excluding carboxylic acids is 1. The first-order valence-electron chi connectivity index (χ1n) is 6.47. The summed E-state index contributed by atoms with van der Waals surface area (Å²) < 4.78 is 5.22. The van der Waals surface area contributed by atoms with E-state index in [1.807, 2.05) is 25.1 Å². The Morgan fingerprint density at radius 1 is 1.28 bits per heavy atom. The average molecular weight is 245 g/mol. The molecule has 18 heavy (non-hydrogen) atoms. The Kier molecular flexibility index (Phi) is 4.03. The summed E-state index contributed by atoms with van der Waals surface area (Å²) in [6.07, 6.45) is 3.16. The second-order valence-electron chi connectivity index (χ2n) is 4.62. The van der Waals surface area contributed by atoms with Crippen molar-refractivity contribution in [1.82, 2.24) is 4.98 Å². The highest BCUT2D eigenvalue weighted by Crippen LogP contribution is 2.17. The van der Waals surface area contributed by atoms with Gasteiger partial charge in [-0.15, -0.1) is 0 Å². The van der Waals surface area contributed by atoms with Gasteiger partial charge in [-0.25, -0.2) is 4.79 Å². The van der Waals surface area contributed by atoms with Gasteiger partial charge >= 0.3 is 5.97 Å². The largest absolute Gasteiger partial charge is 0.461 e. The van der Waals surface area contributed by atoms with Gasteiger partial charge in [0.05, 0.1) is 6.61 Å². The van der Waals surface area contributed by atoms with Crippen molar-refractivity contribution in [1.29, 1.82) is 0 Å². The molecule has 3 nitrogen and oxygen atoms in total. The Bertz CT molecular complexity index is 542. The molecule has 0 aliphatic carbocycles. The van der Waals surface area contributed by atoms with Crippen molar-refractivity contribution in [2.75, 3.05) is 6.61 Å². The summed E-state index contributed by atoms with van der Waals surface area (Å²) in [6.45, 7) is 4.66. The summed E-state index contributed by atoms with van der Waals surface area (Å²) in [6, 6.07) is 7.91. The van der Waals surface area contributed by atoms with Crippen LogP contribution >= 0.6 is 0 Å². The van der Waals surface area contributed by atoms with Crippen LogP contribution < -0.4 is 0 Å². The van der Waals surface area contributed by atoms with Crippen molar-refractivity contribution in [2.24, 2.45) is 0 Å². The van der Waals surface area contributed by atoms with Gasteiger partial charge in [0.2, 0.25) is 0 Å². The van der Waals surface area contributed by atoms with Crippen molar-refractivity contribution in [3.63, 3.8) is 0 Å². The number of fused-ring (bicyclic) bond motifs is 1. The zero-order valence-electron chi connectivity index (χ0n) is 11.0. The Balaban J connectivity index is 2.04. The van der Waals surface area contributed by atoms with E-state index < -0.39 is 0 Å². The predicted octanol–water partition coefficient (Wildman–Crippen LogP) is 3.82. The van der Waals surface area contributed by atoms with E-state index in [0.717, 1.165) is 30.2 Å². The summed E-state index contributed by atoms with van der Waals surface area (Å²) in [7, 11) is 0. The number of ether oxygens (including phenoxy) is 1. The first-order valence-corrected chi connectivity index (χ1v) is 6.47. The number of hydrogen-bond donors (Lipinski definition) is 1. The molecular weight excluding hydrogens is 226 g/mol. The van der Waals surface area contributed by atoms with Crippen LogP contribution in [-0.2, 0) is 4.74 Å². The van der Waals surface area contributed by atoms with E-state index in [1.54, 1.807) is 0 Å². The van der Waals surface area contributed by atoms with Gasteiger partial charge in [0, 0.05) is 10.9 Å². The molecule has 1 heterocycles. The van der Waals surface area contributed by atoms with E-state index in [2.05, 4.69) is 18.0 Å². The summed E-state index contributed by atoms with van der Waals surface area (Å²) in [5, 5.41) is 1.05. The third kappa shape index (κ3) is 2.92. The molecule has 0 saturated heterocycles. The van der Waals surface area contributed by atoms with Crippen LogP contribution in [0.4, 0.5) is 0 Å². The van der Waals surface area contributed by atoms with Crippen LogP contribution in [0.5, 0.6) is 0 Å². The Hall–Kier alpha value is -1.77. The maximum absolute atomic E-state index is 11.8. The van der Waals surface area contributed by atoms with Crippen molar-refractivity contribution < 1.29 is 9.53 Å². The number of aromatic nitrogens is 1. The van der Waals surface area contributed by atoms with Gasteiger partial charge in [0.1, 0.15) is 5.69 Å². The molecule has 1 aromatic carbocycles. The smallest absolute Gasteiger partial charge is 0.354 e. The summed E-state index contributed by atoms with van der Waals surface area (Å²) in [4.78, 5) is 14.9. The lowest BCUT2D eigenvalue weighted by Gasteiger charge is -2.01. The van der Waals surface area contributed by atoms with E-state index >= 15 is 0 Å². The molecular formula is C15H19NO2. The first kappa shape index (κ1) is 12.7. The number of hydrogen-bond acceptors (Lipinski definition) is 2. The number of carbonyl (C=O) groups is 1. The van der Waals surface area contributed by atoms with Gasteiger partial charge < -0.3 is 9.72 Å². The van der Waals surface area contributed by atoms with Gasteiger partial charge in [0.15, 0.2) is 0 Å². The molecule has 0 amide bonds. The lowest BCUT2D eigenvalue weighted by molar-refractivity contribution is 0.0492. The van der Waals surface area contributed by atoms with Crippen LogP contribution in [0.15, 0.2) is 24.3 Å². The van der Waals surface area contributed by atoms with Gasteiger partial charge in [-0.2, -0.15) is 0 Å². The minimum absolute atomic E-state index is 0.264. The quantitative estimate of drug-likeness (QED) is 0.642. The zero-order chi connectivity index (χ0) is 13.0. The van der Waals surface area contributed by atoms with E-state index in [4.69, 9.17) is 4.74 Å². The Morgan fingerprint density at radius 3 is 2.89 bits per heavy atom. The summed E-state index contributed by atoms with van der Waals surface area (Å²) in [5.41, 5.74) is 2.69. The van der Waals surface area contributed by atoms with Gasteiger partial charge in [-0.1, -0.05) is 31.4 Å². The van der Waals surface area contributed by atoms with Crippen molar-refractivity contribution in [2.45, 2.75) is 33.1 Å². The molecule has 1 N–H and O–H groups in total. The number of rotatable bonds is 5. The van der Waals surface area contributed by atoms with Crippen LogP contribution in [0.3, 0.4) is 0 Å². The summed E-state index contributed by atoms with van der Waals surface area (Å²) >= 11 is 0. The lowest BCUT2D eigenvalue weighted by Crippen LogP contribution is -2.06. The molecule has 0 aliphatic rings. The molecule has 0 bridgehead atoms. The predicted molar refractivity (Wildman–Crippen MR) is 72.8 cm³/mol. The highest BCUT2D eigenvalue weighted by atomic mass is 16.5. The van der Waals surface area contributed by atoms with E-state index in [9.17, 15) is 4.79 Å². The van der Waals surface area contributed by atoms with Crippen LogP contribution in [0.2, 0.25) is 0 Å². The molecule has 96 valence electrons. The van der Waals surface area contributed by atoms with Crippen LogP contribution in [0.25, 0.3) is 10.9 Å². The number of benzene rings is 1. The van der Waals surface area contributed by atoms with Crippen molar-refractivity contribution in [3.8, 4) is 0 Å². The minimum atomic E-state index is -0.264. The third-order valence-corrected chi connectivity index (χ3v) is 2.98. The van der Waals surface area contributed by atoms with Crippen molar-refractivity contribution in [3.05, 3.63) is 35.5 Å². The fraction of sp³-hybridized carbons (Fsp3) is 0.400. The molecule has 0 radical (unpaired) electrons. The number of nitrogens with one attached hydrogen (secondary N) is 1. The molecule has 2 aromatic rings. The molecule has 0 aliphatic heterocycles. The standard InChI is InChI=1S/C15H19NO2/c1-3-4-5-8-18-15(17)14-10-12-9-11(2)6-7-13(12)16-14/h6-7,9-10,16H,3-5,8H2,1-2H3. The normalized spacial score (nSPS) is 10.8. The number of aryl methyl sites for hydroxylation is 1. The van der Waals surface area contributed by atoms with Crippen LogP contribution in [0, 0.1) is 6.92 Å². The van der Waals surface area contributed by atoms with Gasteiger partial charge in [-0.05, 0) is 31.5 Å². The SMILES string of the molecule is CCCCCOC(=O)c1cc2cc(C)ccc2[nH]1. The van der Waals surface area contributed by atoms with Crippen LogP contribution in [-0.4, -0.2) is 17.6 Å². The Labute approximate surface area is 107 Å². The highest BCUT2D eigenvalue weighted by Gasteiger charge is 2.10. The van der Waals surface area contributed by atoms with E-state index in [-0.39, 0.29) is 5.97 Å². The molecule has 0 spiro atoms. The van der Waals surface area contributed by atoms with E-state index in [0.29, 0.717) is 12.3 Å². The second kappa shape index (κ2) is 5.71. The number of H-pyrrole nitrogens is 1. The zero-order valence-corrected chi connectivity index (χ0v) is 11.0. The number of esters is 1. The fourth-order valence-electron chi connectivity index (χ4n) is 1.96. The molecule has 2 rings (SSSR count). The lowest BCUT2D eigenvalue weighted by atomic mass is 10.2. The molecule has 3 heteroatoms. The molecule has 0 saturated carbocycles. The number of aromatic amines is 1. The second-order valence-corrected chi connectivity index (χ2v) is 4.62. The van der Waals surface area contributed by atoms with E-state index in [1.165, 1.54) is 5.56 Å². The number of unbranched alkanes of at least 4 members (excludes halogenated alkanes) is 2. The highest BCUT2D eigenvalue weighted by molar-refractivity contribution is 5.94.